The number of aliphatic hydroxyl groups is 1. The Hall–Kier alpha value is -1.22. The van der Waals surface area contributed by atoms with Crippen LogP contribution in [-0.2, 0) is 9.59 Å². The lowest BCUT2D eigenvalue weighted by Gasteiger charge is -2.60. The number of rotatable bonds is 1. The van der Waals surface area contributed by atoms with Crippen LogP contribution in [0.1, 0.15) is 66.2 Å². The second kappa shape index (κ2) is 5.41. The van der Waals surface area contributed by atoms with Crippen LogP contribution in [-0.4, -0.2) is 22.3 Å². The zero-order valence-electron chi connectivity index (χ0n) is 16.6. The van der Waals surface area contributed by atoms with E-state index in [1.807, 2.05) is 6.08 Å². The fourth-order valence-corrected chi connectivity index (χ4v) is 7.60. The van der Waals surface area contributed by atoms with Crippen molar-refractivity contribution in [3.63, 3.8) is 0 Å². The normalized spacial score (nSPS) is 50.6. The lowest BCUT2D eigenvalue weighted by molar-refractivity contribution is -0.155. The van der Waals surface area contributed by atoms with Crippen molar-refractivity contribution >= 4 is 11.6 Å². The molecule has 0 aliphatic heterocycles. The largest absolute Gasteiger partial charge is 0.377 e. The molecule has 0 aromatic carbocycles. The third-order valence-electron chi connectivity index (χ3n) is 8.98. The smallest absolute Gasteiger partial charge is 0.166 e. The third kappa shape index (κ3) is 1.99. The van der Waals surface area contributed by atoms with Gasteiger partial charge in [-0.1, -0.05) is 32.9 Å². The Bertz CT molecular complexity index is 734. The Labute approximate surface area is 156 Å². The zero-order valence-corrected chi connectivity index (χ0v) is 16.6. The van der Waals surface area contributed by atoms with Crippen LogP contribution in [0.2, 0.25) is 0 Å². The average Bonchev–Trinajstić information content (AvgIpc) is 2.78. The lowest BCUT2D eigenvalue weighted by Crippen LogP contribution is -2.58. The Morgan fingerprint density at radius 3 is 2.62 bits per heavy atom. The third-order valence-corrected chi connectivity index (χ3v) is 8.98. The minimum atomic E-state index is -1.37. The monoisotopic (exact) mass is 356 g/mol. The van der Waals surface area contributed by atoms with Gasteiger partial charge in [0.1, 0.15) is 5.60 Å². The van der Waals surface area contributed by atoms with E-state index in [2.05, 4.69) is 27.4 Å². The Morgan fingerprint density at radius 2 is 1.96 bits per heavy atom. The van der Waals surface area contributed by atoms with E-state index in [0.717, 1.165) is 37.7 Å². The summed E-state index contributed by atoms with van der Waals surface area (Å²) >= 11 is 0. The fourth-order valence-electron chi connectivity index (χ4n) is 7.60. The molecular weight excluding hydrogens is 324 g/mol. The van der Waals surface area contributed by atoms with Crippen molar-refractivity contribution in [3.05, 3.63) is 23.8 Å². The second-order valence-electron chi connectivity index (χ2n) is 10.0. The topological polar surface area (TPSA) is 54.4 Å². The lowest BCUT2D eigenvalue weighted by atomic mass is 9.44. The highest BCUT2D eigenvalue weighted by Crippen LogP contribution is 2.69. The molecule has 4 aliphatic rings. The number of ketones is 2. The zero-order chi connectivity index (χ0) is 19.1. The van der Waals surface area contributed by atoms with Gasteiger partial charge in [-0.25, -0.2) is 0 Å². The van der Waals surface area contributed by atoms with Crippen LogP contribution >= 0.6 is 0 Å². The van der Waals surface area contributed by atoms with Gasteiger partial charge in [-0.3, -0.25) is 9.59 Å². The first-order chi connectivity index (χ1) is 12.1. The second-order valence-corrected chi connectivity index (χ2v) is 10.0. The quantitative estimate of drug-likeness (QED) is 0.715. The number of hydrogen-bond acceptors (Lipinski definition) is 3. The van der Waals surface area contributed by atoms with Gasteiger partial charge in [0.25, 0.3) is 0 Å². The van der Waals surface area contributed by atoms with Gasteiger partial charge in [-0.15, -0.1) is 0 Å². The molecule has 3 saturated carbocycles. The van der Waals surface area contributed by atoms with E-state index in [0.29, 0.717) is 30.1 Å². The first-order valence-electron chi connectivity index (χ1n) is 10.2. The summed E-state index contributed by atoms with van der Waals surface area (Å²) in [6, 6.07) is 0. The maximum Gasteiger partial charge on any atom is 0.166 e. The van der Waals surface area contributed by atoms with Crippen molar-refractivity contribution < 1.29 is 14.7 Å². The van der Waals surface area contributed by atoms with E-state index in [1.165, 1.54) is 12.5 Å². The SMILES string of the molecule is C=C1C[C@H]2[C@@H]3C[C@H](C)C4=CC(=O)CC[C@]4(C)[C@H]3CC[C@]2(C)[C@@]1(O)C(C)=O. The molecule has 0 amide bonds. The van der Waals surface area contributed by atoms with Crippen molar-refractivity contribution in [2.45, 2.75) is 71.8 Å². The number of hydrogen-bond donors (Lipinski definition) is 1. The van der Waals surface area contributed by atoms with Crippen molar-refractivity contribution in [2.24, 2.45) is 34.5 Å². The highest BCUT2D eigenvalue weighted by atomic mass is 16.3. The van der Waals surface area contributed by atoms with Crippen LogP contribution in [0.4, 0.5) is 0 Å². The molecule has 0 heterocycles. The molecule has 1 N–H and O–H groups in total. The number of Topliss-reactive ketones (excluding diaryl/α,β-unsaturated/α-hetero) is 1. The van der Waals surface area contributed by atoms with Crippen LogP contribution in [0, 0.1) is 34.5 Å². The van der Waals surface area contributed by atoms with E-state index in [9.17, 15) is 14.7 Å². The molecule has 3 fully saturated rings. The Balaban J connectivity index is 1.77. The van der Waals surface area contributed by atoms with Crippen LogP contribution in [0.3, 0.4) is 0 Å². The number of allylic oxidation sites excluding steroid dienone is 1. The molecule has 0 spiro atoms. The highest BCUT2D eigenvalue weighted by Gasteiger charge is 2.67. The molecule has 0 unspecified atom stereocenters. The van der Waals surface area contributed by atoms with Crippen LogP contribution < -0.4 is 0 Å². The Morgan fingerprint density at radius 1 is 1.27 bits per heavy atom. The fraction of sp³-hybridized carbons (Fsp3) is 0.739. The van der Waals surface area contributed by atoms with E-state index >= 15 is 0 Å². The molecule has 3 heteroatoms. The summed E-state index contributed by atoms with van der Waals surface area (Å²) < 4.78 is 0. The number of carbonyl (C=O) groups is 2. The maximum atomic E-state index is 12.4. The Kier molecular flexibility index (Phi) is 3.77. The number of fused-ring (bicyclic) bond motifs is 5. The molecule has 0 bridgehead atoms. The van der Waals surface area contributed by atoms with Gasteiger partial charge in [0.2, 0.25) is 0 Å². The summed E-state index contributed by atoms with van der Waals surface area (Å²) in [7, 11) is 0. The van der Waals surface area contributed by atoms with Gasteiger partial charge in [-0.2, -0.15) is 0 Å². The van der Waals surface area contributed by atoms with Gasteiger partial charge in [0.15, 0.2) is 11.6 Å². The van der Waals surface area contributed by atoms with E-state index < -0.39 is 11.0 Å². The highest BCUT2D eigenvalue weighted by molar-refractivity contribution is 5.92. The van der Waals surface area contributed by atoms with Crippen molar-refractivity contribution in [2.75, 3.05) is 0 Å². The molecule has 26 heavy (non-hydrogen) atoms. The summed E-state index contributed by atoms with van der Waals surface area (Å²) in [5, 5.41) is 11.4. The number of carbonyl (C=O) groups excluding carboxylic acids is 2. The molecule has 4 rings (SSSR count). The van der Waals surface area contributed by atoms with Gasteiger partial charge in [0, 0.05) is 11.8 Å². The molecular formula is C23H32O3. The summed E-state index contributed by atoms with van der Waals surface area (Å²) in [6.45, 7) is 12.4. The summed E-state index contributed by atoms with van der Waals surface area (Å²) in [6.07, 6.45) is 7.24. The first-order valence-corrected chi connectivity index (χ1v) is 10.2. The minimum absolute atomic E-state index is 0.0931. The van der Waals surface area contributed by atoms with Crippen LogP contribution in [0.25, 0.3) is 0 Å². The van der Waals surface area contributed by atoms with Crippen molar-refractivity contribution in [3.8, 4) is 0 Å². The summed E-state index contributed by atoms with van der Waals surface area (Å²) in [5.74, 6) is 1.86. The predicted octanol–water partition coefficient (Wildman–Crippen LogP) is 4.25. The van der Waals surface area contributed by atoms with Gasteiger partial charge < -0.3 is 5.11 Å². The molecule has 3 nitrogen and oxygen atoms in total. The minimum Gasteiger partial charge on any atom is -0.377 e. The molecule has 0 radical (unpaired) electrons. The van der Waals surface area contributed by atoms with Crippen LogP contribution in [0.15, 0.2) is 23.8 Å². The molecule has 7 atom stereocenters. The molecule has 0 saturated heterocycles. The molecule has 4 aliphatic carbocycles. The summed E-state index contributed by atoms with van der Waals surface area (Å²) in [5.41, 5.74) is 0.397. The van der Waals surface area contributed by atoms with Gasteiger partial charge in [-0.05, 0) is 79.8 Å². The van der Waals surface area contributed by atoms with Crippen molar-refractivity contribution in [1.82, 2.24) is 0 Å². The van der Waals surface area contributed by atoms with E-state index in [1.54, 1.807) is 0 Å². The summed E-state index contributed by atoms with van der Waals surface area (Å²) in [4.78, 5) is 24.5. The van der Waals surface area contributed by atoms with Crippen LogP contribution in [0.5, 0.6) is 0 Å². The van der Waals surface area contributed by atoms with E-state index in [4.69, 9.17) is 0 Å². The van der Waals surface area contributed by atoms with Gasteiger partial charge >= 0.3 is 0 Å². The standard InChI is InChI=1S/C23H32O3/c1-13-10-17-18(21(4)8-6-16(25)12-19(13)21)7-9-22(5)20(17)11-14(2)23(22,26)15(3)24/h12-13,17-18,20,26H,2,6-11H2,1,3-5H3/t13-,17+,18-,20-,21+,22-,23-/m0/s1. The van der Waals surface area contributed by atoms with Gasteiger partial charge in [0.05, 0.1) is 0 Å². The maximum absolute atomic E-state index is 12.4. The van der Waals surface area contributed by atoms with Crippen molar-refractivity contribution in [1.29, 1.82) is 0 Å². The molecule has 0 aromatic heterocycles. The molecule has 0 aromatic rings. The molecule has 142 valence electrons. The van der Waals surface area contributed by atoms with E-state index in [-0.39, 0.29) is 17.0 Å². The first kappa shape index (κ1) is 18.2. The average molecular weight is 357 g/mol. The predicted molar refractivity (Wildman–Crippen MR) is 101 cm³/mol.